The molecule has 1 N–H and O–H groups in total. The second-order valence-electron chi connectivity index (χ2n) is 7.33. The van der Waals surface area contributed by atoms with E-state index in [-0.39, 0.29) is 18.2 Å². The van der Waals surface area contributed by atoms with Crippen LogP contribution in [-0.2, 0) is 9.59 Å². The fourth-order valence-electron chi connectivity index (χ4n) is 3.62. The Morgan fingerprint density at radius 3 is 2.66 bits per heavy atom. The van der Waals surface area contributed by atoms with Crippen LogP contribution in [0.1, 0.15) is 38.2 Å². The Kier molecular flexibility index (Phi) is 6.42. The summed E-state index contributed by atoms with van der Waals surface area (Å²) >= 11 is 0. The summed E-state index contributed by atoms with van der Waals surface area (Å²) in [6.07, 6.45) is 1.16. The van der Waals surface area contributed by atoms with E-state index in [1.54, 1.807) is 37.3 Å². The van der Waals surface area contributed by atoms with Crippen molar-refractivity contribution in [3.8, 4) is 11.5 Å². The predicted molar refractivity (Wildman–Crippen MR) is 114 cm³/mol. The van der Waals surface area contributed by atoms with Crippen molar-refractivity contribution in [2.45, 2.75) is 32.6 Å². The van der Waals surface area contributed by atoms with Crippen LogP contribution >= 0.6 is 0 Å². The van der Waals surface area contributed by atoms with Gasteiger partial charge in [-0.3, -0.25) is 9.59 Å². The van der Waals surface area contributed by atoms with Crippen LogP contribution in [0.2, 0.25) is 0 Å². The van der Waals surface area contributed by atoms with Gasteiger partial charge in [0.05, 0.1) is 25.8 Å². The molecule has 0 saturated carbocycles. The molecule has 2 amide bonds. The van der Waals surface area contributed by atoms with E-state index in [1.807, 2.05) is 24.3 Å². The Bertz CT molecular complexity index is 896. The molecule has 1 aliphatic rings. The van der Waals surface area contributed by atoms with Crippen molar-refractivity contribution in [1.82, 2.24) is 0 Å². The number of methoxy groups -OCH3 is 2. The first-order valence-corrected chi connectivity index (χ1v) is 9.90. The van der Waals surface area contributed by atoms with E-state index in [1.165, 1.54) is 0 Å². The minimum atomic E-state index is -0.417. The predicted octanol–water partition coefficient (Wildman–Crippen LogP) is 4.21. The molecule has 0 aromatic heterocycles. The molecule has 29 heavy (non-hydrogen) atoms. The maximum Gasteiger partial charge on any atom is 0.229 e. The first-order valence-electron chi connectivity index (χ1n) is 9.90. The Morgan fingerprint density at radius 1 is 1.21 bits per heavy atom. The van der Waals surface area contributed by atoms with Crippen molar-refractivity contribution in [2.24, 2.45) is 5.92 Å². The Morgan fingerprint density at radius 2 is 1.97 bits per heavy atom. The first-order chi connectivity index (χ1) is 14.0. The minimum absolute atomic E-state index is 0.0937. The number of amides is 2. The third-order valence-corrected chi connectivity index (χ3v) is 5.54. The van der Waals surface area contributed by atoms with Crippen LogP contribution in [0.4, 0.5) is 11.4 Å². The second-order valence-corrected chi connectivity index (χ2v) is 7.33. The van der Waals surface area contributed by atoms with Gasteiger partial charge in [-0.15, -0.1) is 0 Å². The van der Waals surface area contributed by atoms with E-state index < -0.39 is 5.92 Å². The standard InChI is InChI=1S/C23H28N2O4/c1-5-15(2)18-8-6-7-9-19(18)24-23(27)16-12-22(26)25(14-16)20-11-10-17(28-3)13-21(20)29-4/h6-11,13,15-16H,5,12,14H2,1-4H3,(H,24,27)/t15-,16-/m1/s1. The van der Waals surface area contributed by atoms with Gasteiger partial charge in [0.2, 0.25) is 11.8 Å². The van der Waals surface area contributed by atoms with Crippen molar-refractivity contribution < 1.29 is 19.1 Å². The van der Waals surface area contributed by atoms with E-state index in [0.717, 1.165) is 17.7 Å². The number of nitrogens with one attached hydrogen (secondary N) is 1. The monoisotopic (exact) mass is 396 g/mol. The Labute approximate surface area is 171 Å². The number of hydrogen-bond donors (Lipinski definition) is 1. The van der Waals surface area contributed by atoms with Crippen LogP contribution in [0.25, 0.3) is 0 Å². The summed E-state index contributed by atoms with van der Waals surface area (Å²) in [6.45, 7) is 4.58. The van der Waals surface area contributed by atoms with Gasteiger partial charge in [-0.2, -0.15) is 0 Å². The van der Waals surface area contributed by atoms with Gasteiger partial charge >= 0.3 is 0 Å². The van der Waals surface area contributed by atoms with Crippen molar-refractivity contribution >= 4 is 23.2 Å². The number of carbonyl (C=O) groups is 2. The van der Waals surface area contributed by atoms with Gasteiger partial charge in [0.25, 0.3) is 0 Å². The van der Waals surface area contributed by atoms with Crippen LogP contribution in [0.3, 0.4) is 0 Å². The molecule has 0 unspecified atom stereocenters. The van der Waals surface area contributed by atoms with Crippen molar-refractivity contribution in [3.63, 3.8) is 0 Å². The zero-order valence-corrected chi connectivity index (χ0v) is 17.4. The lowest BCUT2D eigenvalue weighted by Gasteiger charge is -2.20. The normalized spacial score (nSPS) is 17.2. The molecule has 0 bridgehead atoms. The average Bonchev–Trinajstić information content (AvgIpc) is 3.14. The quantitative estimate of drug-likeness (QED) is 0.761. The average molecular weight is 396 g/mol. The molecule has 2 aromatic carbocycles. The summed E-state index contributed by atoms with van der Waals surface area (Å²) in [5.41, 5.74) is 2.58. The number of benzene rings is 2. The van der Waals surface area contributed by atoms with E-state index in [4.69, 9.17) is 9.47 Å². The van der Waals surface area contributed by atoms with Gasteiger partial charge in [-0.1, -0.05) is 32.0 Å². The topological polar surface area (TPSA) is 67.9 Å². The maximum atomic E-state index is 12.9. The van der Waals surface area contributed by atoms with Crippen molar-refractivity contribution in [3.05, 3.63) is 48.0 Å². The zero-order valence-electron chi connectivity index (χ0n) is 17.4. The molecule has 2 atom stereocenters. The molecule has 0 aliphatic carbocycles. The molecule has 1 saturated heterocycles. The second kappa shape index (κ2) is 8.99. The van der Waals surface area contributed by atoms with Gasteiger partial charge in [-0.25, -0.2) is 0 Å². The number of hydrogen-bond acceptors (Lipinski definition) is 4. The number of rotatable bonds is 7. The number of nitrogens with zero attached hydrogens (tertiary/aromatic N) is 1. The van der Waals surface area contributed by atoms with Crippen LogP contribution in [0, 0.1) is 5.92 Å². The highest BCUT2D eigenvalue weighted by Crippen LogP contribution is 2.36. The van der Waals surface area contributed by atoms with Gasteiger partial charge in [0.15, 0.2) is 0 Å². The highest BCUT2D eigenvalue weighted by molar-refractivity contribution is 6.04. The van der Waals surface area contributed by atoms with Gasteiger partial charge < -0.3 is 19.7 Å². The molecule has 0 radical (unpaired) electrons. The molecule has 6 nitrogen and oxygen atoms in total. The largest absolute Gasteiger partial charge is 0.497 e. The molecule has 0 spiro atoms. The van der Waals surface area contributed by atoms with E-state index in [9.17, 15) is 9.59 Å². The lowest BCUT2D eigenvalue weighted by molar-refractivity contribution is -0.122. The zero-order chi connectivity index (χ0) is 21.0. The van der Waals surface area contributed by atoms with E-state index >= 15 is 0 Å². The third kappa shape index (κ3) is 4.36. The lowest BCUT2D eigenvalue weighted by Crippen LogP contribution is -2.28. The summed E-state index contributed by atoms with van der Waals surface area (Å²) in [5.74, 6) is 0.887. The molecular weight excluding hydrogens is 368 g/mol. The maximum absolute atomic E-state index is 12.9. The number of carbonyl (C=O) groups excluding carboxylic acids is 2. The number of para-hydroxylation sites is 1. The van der Waals surface area contributed by atoms with Gasteiger partial charge in [0.1, 0.15) is 11.5 Å². The lowest BCUT2D eigenvalue weighted by atomic mass is 9.96. The highest BCUT2D eigenvalue weighted by atomic mass is 16.5. The number of anilines is 2. The fourth-order valence-corrected chi connectivity index (χ4v) is 3.62. The van der Waals surface area contributed by atoms with Crippen LogP contribution < -0.4 is 19.7 Å². The van der Waals surface area contributed by atoms with Gasteiger partial charge in [0, 0.05) is 24.7 Å². The molecular formula is C23H28N2O4. The van der Waals surface area contributed by atoms with E-state index in [2.05, 4.69) is 19.2 Å². The fraction of sp³-hybridized carbons (Fsp3) is 0.391. The summed E-state index contributed by atoms with van der Waals surface area (Å²) in [5, 5.41) is 3.04. The molecule has 1 fully saturated rings. The summed E-state index contributed by atoms with van der Waals surface area (Å²) in [4.78, 5) is 27.2. The van der Waals surface area contributed by atoms with Crippen LogP contribution in [0.15, 0.2) is 42.5 Å². The molecule has 6 heteroatoms. The van der Waals surface area contributed by atoms with Crippen LogP contribution in [-0.4, -0.2) is 32.6 Å². The van der Waals surface area contributed by atoms with Crippen molar-refractivity contribution in [1.29, 1.82) is 0 Å². The van der Waals surface area contributed by atoms with E-state index in [0.29, 0.717) is 29.6 Å². The summed E-state index contributed by atoms with van der Waals surface area (Å²) < 4.78 is 10.6. The molecule has 3 rings (SSSR count). The highest BCUT2D eigenvalue weighted by Gasteiger charge is 2.36. The Hall–Kier alpha value is -3.02. The summed E-state index contributed by atoms with van der Waals surface area (Å²) in [7, 11) is 3.13. The SMILES string of the molecule is CC[C@@H](C)c1ccccc1NC(=O)[C@@H]1CC(=O)N(c2ccc(OC)cc2OC)C1. The molecule has 2 aromatic rings. The summed E-state index contributed by atoms with van der Waals surface area (Å²) in [6, 6.07) is 13.1. The minimum Gasteiger partial charge on any atom is -0.497 e. The molecule has 154 valence electrons. The number of ether oxygens (including phenoxy) is 2. The van der Waals surface area contributed by atoms with Gasteiger partial charge in [-0.05, 0) is 36.1 Å². The molecule has 1 heterocycles. The molecule has 1 aliphatic heterocycles. The van der Waals surface area contributed by atoms with Crippen molar-refractivity contribution in [2.75, 3.05) is 31.0 Å². The Balaban J connectivity index is 1.77. The van der Waals surface area contributed by atoms with Crippen LogP contribution in [0.5, 0.6) is 11.5 Å². The third-order valence-electron chi connectivity index (χ3n) is 5.54. The first kappa shape index (κ1) is 20.7. The smallest absolute Gasteiger partial charge is 0.229 e.